The van der Waals surface area contributed by atoms with Gasteiger partial charge in [-0.1, -0.05) is 18.2 Å². The summed E-state index contributed by atoms with van der Waals surface area (Å²) < 4.78 is 56.8. The van der Waals surface area contributed by atoms with E-state index in [1.807, 2.05) is 47.7 Å². The van der Waals surface area contributed by atoms with Crippen molar-refractivity contribution in [3.05, 3.63) is 63.0 Å². The lowest BCUT2D eigenvalue weighted by molar-refractivity contribution is 0.324. The minimum absolute atomic E-state index is 0.227. The molecular weight excluding hydrogens is 536 g/mol. The number of aryl methyl sites for hydroxylation is 1. The van der Waals surface area contributed by atoms with Crippen LogP contribution in [0.5, 0.6) is 0 Å². The standard InChI is InChI=1S/C22H25FINO3S2/c1-21(2,3)29(26)25-12-11-22(30(27,28)16-7-5-4-6-8-16)17-14-18(23)19(24)13-15(17)9-10-20(22)25/h4-8,13-14,20H,9-12H2,1-3H3/t20-,22-,29-/m1/s1. The van der Waals surface area contributed by atoms with Crippen LogP contribution < -0.4 is 0 Å². The van der Waals surface area contributed by atoms with E-state index in [9.17, 15) is 17.0 Å². The first-order valence-electron chi connectivity index (χ1n) is 9.97. The van der Waals surface area contributed by atoms with Crippen LogP contribution in [0.15, 0.2) is 47.4 Å². The molecule has 0 unspecified atom stereocenters. The zero-order valence-corrected chi connectivity index (χ0v) is 21.0. The molecule has 8 heteroatoms. The van der Waals surface area contributed by atoms with E-state index in [1.54, 1.807) is 36.4 Å². The van der Waals surface area contributed by atoms with Crippen molar-refractivity contribution in [1.82, 2.24) is 4.31 Å². The molecule has 4 rings (SSSR count). The molecule has 1 fully saturated rings. The molecule has 1 saturated heterocycles. The van der Waals surface area contributed by atoms with E-state index in [2.05, 4.69) is 0 Å². The van der Waals surface area contributed by atoms with E-state index >= 15 is 0 Å². The Balaban J connectivity index is 1.98. The minimum atomic E-state index is -3.86. The summed E-state index contributed by atoms with van der Waals surface area (Å²) in [5.74, 6) is -0.409. The highest BCUT2D eigenvalue weighted by atomic mass is 127. The van der Waals surface area contributed by atoms with Crippen molar-refractivity contribution in [1.29, 1.82) is 0 Å². The Morgan fingerprint density at radius 3 is 2.50 bits per heavy atom. The molecular formula is C22H25FINO3S2. The average molecular weight is 561 g/mol. The molecule has 0 radical (unpaired) electrons. The lowest BCUT2D eigenvalue weighted by Crippen LogP contribution is -2.53. The van der Waals surface area contributed by atoms with E-state index in [0.717, 1.165) is 5.56 Å². The number of hydrogen-bond acceptors (Lipinski definition) is 3. The van der Waals surface area contributed by atoms with Gasteiger partial charge in [0, 0.05) is 16.2 Å². The summed E-state index contributed by atoms with van der Waals surface area (Å²) >= 11 is 1.95. The van der Waals surface area contributed by atoms with Crippen molar-refractivity contribution >= 4 is 43.4 Å². The van der Waals surface area contributed by atoms with Crippen molar-refractivity contribution in [2.45, 2.75) is 60.5 Å². The van der Waals surface area contributed by atoms with Gasteiger partial charge in [0.15, 0.2) is 9.84 Å². The monoisotopic (exact) mass is 561 g/mol. The van der Waals surface area contributed by atoms with Crippen molar-refractivity contribution in [2.75, 3.05) is 6.54 Å². The molecule has 2 aromatic rings. The number of hydrogen-bond donors (Lipinski definition) is 0. The first-order chi connectivity index (χ1) is 14.0. The van der Waals surface area contributed by atoms with Crippen molar-refractivity contribution < 1.29 is 17.0 Å². The molecule has 2 aliphatic rings. The third-order valence-electron chi connectivity index (χ3n) is 6.15. The van der Waals surface area contributed by atoms with Gasteiger partial charge in [-0.2, -0.15) is 0 Å². The minimum Gasteiger partial charge on any atom is -0.242 e. The number of halogens is 2. The highest BCUT2D eigenvalue weighted by Crippen LogP contribution is 2.53. The number of nitrogens with zero attached hydrogens (tertiary/aromatic N) is 1. The SMILES string of the molecule is CC(C)(C)[S@@](=O)N1CC[C@@]2(S(=O)(=O)c3ccccc3)c3cc(F)c(I)cc3CC[C@@H]12. The molecule has 3 atom stereocenters. The van der Waals surface area contributed by atoms with Gasteiger partial charge in [0.05, 0.1) is 9.64 Å². The van der Waals surface area contributed by atoms with Gasteiger partial charge in [0.1, 0.15) is 21.5 Å². The van der Waals surface area contributed by atoms with E-state index in [0.29, 0.717) is 34.9 Å². The van der Waals surface area contributed by atoms with Gasteiger partial charge < -0.3 is 0 Å². The molecule has 0 saturated carbocycles. The molecule has 1 aliphatic heterocycles. The predicted octanol–water partition coefficient (Wildman–Crippen LogP) is 4.58. The number of benzene rings is 2. The van der Waals surface area contributed by atoms with Crippen LogP contribution in [0.2, 0.25) is 0 Å². The predicted molar refractivity (Wildman–Crippen MR) is 126 cm³/mol. The van der Waals surface area contributed by atoms with Gasteiger partial charge in [-0.05, 0) is 98.0 Å². The Kier molecular flexibility index (Phi) is 5.69. The lowest BCUT2D eigenvalue weighted by Gasteiger charge is -2.43. The van der Waals surface area contributed by atoms with Gasteiger partial charge in [-0.25, -0.2) is 21.3 Å². The molecule has 162 valence electrons. The van der Waals surface area contributed by atoms with E-state index < -0.39 is 42.2 Å². The maximum Gasteiger partial charge on any atom is 0.189 e. The summed E-state index contributed by atoms with van der Waals surface area (Å²) in [6.07, 6.45) is 1.51. The Labute approximate surface area is 193 Å². The molecule has 4 nitrogen and oxygen atoms in total. The Morgan fingerprint density at radius 2 is 1.87 bits per heavy atom. The van der Waals surface area contributed by atoms with E-state index in [-0.39, 0.29) is 4.90 Å². The van der Waals surface area contributed by atoms with Crippen molar-refractivity contribution in [3.63, 3.8) is 0 Å². The summed E-state index contributed by atoms with van der Waals surface area (Å²) in [5, 5.41) is 0. The van der Waals surface area contributed by atoms with Crippen LogP contribution in [0.1, 0.15) is 44.7 Å². The van der Waals surface area contributed by atoms with Crippen molar-refractivity contribution in [2.24, 2.45) is 0 Å². The van der Waals surface area contributed by atoms with Gasteiger partial charge in [-0.15, -0.1) is 0 Å². The topological polar surface area (TPSA) is 54.5 Å². The number of sulfone groups is 1. The highest BCUT2D eigenvalue weighted by Gasteiger charge is 2.61. The second-order valence-electron chi connectivity index (χ2n) is 8.94. The largest absolute Gasteiger partial charge is 0.242 e. The zero-order chi connectivity index (χ0) is 21.9. The Morgan fingerprint density at radius 1 is 1.20 bits per heavy atom. The Hall–Kier alpha value is -0.840. The van der Waals surface area contributed by atoms with Gasteiger partial charge in [0.25, 0.3) is 0 Å². The summed E-state index contributed by atoms with van der Waals surface area (Å²) in [7, 11) is -5.22. The van der Waals surface area contributed by atoms with Gasteiger partial charge >= 0.3 is 0 Å². The van der Waals surface area contributed by atoms with Crippen LogP contribution in [0, 0.1) is 9.39 Å². The molecule has 0 bridgehead atoms. The molecule has 2 aromatic carbocycles. The van der Waals surface area contributed by atoms with Crippen LogP contribution in [0.3, 0.4) is 0 Å². The quantitative estimate of drug-likeness (QED) is 0.516. The van der Waals surface area contributed by atoms with Crippen LogP contribution in [-0.2, 0) is 32.0 Å². The molecule has 0 aromatic heterocycles. The fourth-order valence-electron chi connectivity index (χ4n) is 4.82. The molecule has 0 spiro atoms. The lowest BCUT2D eigenvalue weighted by atomic mass is 9.79. The number of fused-ring (bicyclic) bond motifs is 3. The second-order valence-corrected chi connectivity index (χ2v) is 14.5. The van der Waals surface area contributed by atoms with E-state index in [4.69, 9.17) is 0 Å². The first-order valence-corrected chi connectivity index (χ1v) is 13.6. The van der Waals surface area contributed by atoms with Crippen LogP contribution in [0.4, 0.5) is 4.39 Å². The van der Waals surface area contributed by atoms with Crippen LogP contribution in [-0.4, -0.2) is 34.3 Å². The molecule has 1 aliphatic carbocycles. The molecule has 1 heterocycles. The molecule has 0 N–H and O–H groups in total. The third-order valence-corrected chi connectivity index (χ3v) is 11.4. The summed E-state index contributed by atoms with van der Waals surface area (Å²) in [6, 6.07) is 11.1. The summed E-state index contributed by atoms with van der Waals surface area (Å²) in [6.45, 7) is 6.09. The fraction of sp³-hybridized carbons (Fsp3) is 0.455. The number of rotatable bonds is 3. The maximum atomic E-state index is 14.7. The molecule has 30 heavy (non-hydrogen) atoms. The van der Waals surface area contributed by atoms with Crippen LogP contribution >= 0.6 is 22.6 Å². The Bertz CT molecular complexity index is 1120. The average Bonchev–Trinajstić information content (AvgIpc) is 3.10. The first kappa shape index (κ1) is 22.4. The normalized spacial score (nSPS) is 25.6. The summed E-state index contributed by atoms with van der Waals surface area (Å²) in [5.41, 5.74) is 1.41. The fourth-order valence-corrected chi connectivity index (χ4v) is 9.28. The van der Waals surface area contributed by atoms with E-state index in [1.165, 1.54) is 6.07 Å². The maximum absolute atomic E-state index is 14.7. The van der Waals surface area contributed by atoms with Gasteiger partial charge in [0.2, 0.25) is 0 Å². The zero-order valence-electron chi connectivity index (χ0n) is 17.2. The molecule has 0 amide bonds. The second kappa shape index (κ2) is 7.64. The van der Waals surface area contributed by atoms with Crippen LogP contribution in [0.25, 0.3) is 0 Å². The third kappa shape index (κ3) is 3.29. The smallest absolute Gasteiger partial charge is 0.189 e. The summed E-state index contributed by atoms with van der Waals surface area (Å²) in [4.78, 5) is 0.227. The highest BCUT2D eigenvalue weighted by molar-refractivity contribution is 14.1. The van der Waals surface area contributed by atoms with Gasteiger partial charge in [-0.3, -0.25) is 0 Å². The van der Waals surface area contributed by atoms with Crippen molar-refractivity contribution in [3.8, 4) is 0 Å².